The Hall–Kier alpha value is -1.10. The van der Waals surface area contributed by atoms with E-state index in [2.05, 4.69) is 70.6 Å². The van der Waals surface area contributed by atoms with E-state index in [-0.39, 0.29) is 0 Å². The molecule has 0 saturated carbocycles. The molecule has 0 spiro atoms. The largest absolute Gasteiger partial charge is 0.0623 e. The number of benzene rings is 1. The van der Waals surface area contributed by atoms with Crippen LogP contribution in [0.25, 0.3) is 0 Å². The third-order valence-electron chi connectivity index (χ3n) is 0.667. The molecule has 112 valence electrons. The summed E-state index contributed by atoms with van der Waals surface area (Å²) in [6, 6.07) is 12.0. The van der Waals surface area contributed by atoms with Crippen molar-refractivity contribution < 1.29 is 12.6 Å². The van der Waals surface area contributed by atoms with Gasteiger partial charge in [0.05, 0.1) is 0 Å². The number of hydrogen-bond donors (Lipinski definition) is 0. The van der Waals surface area contributed by atoms with Crippen LogP contribution in [0.2, 0.25) is 32.9 Å². The van der Waals surface area contributed by atoms with Crippen molar-refractivity contribution in [1.29, 1.82) is 0 Å². The van der Waals surface area contributed by atoms with Crippen LogP contribution in [0, 0.1) is 0 Å². The normalized spacial score (nSPS) is 11.9. The smallest absolute Gasteiger partial charge is 0.0623 e. The van der Waals surface area contributed by atoms with Gasteiger partial charge < -0.3 is 0 Å². The van der Waals surface area contributed by atoms with Crippen molar-refractivity contribution in [3.05, 3.63) is 74.2 Å². The fourth-order valence-electron chi connectivity index (χ4n) is 0.385. The van der Waals surface area contributed by atoms with Crippen molar-refractivity contribution in [3.8, 4) is 0 Å². The average Bonchev–Trinajstić information content (AvgIpc) is 2.18. The quantitative estimate of drug-likeness (QED) is 0.379. The van der Waals surface area contributed by atoms with Gasteiger partial charge in [-0.25, -0.2) is 0 Å². The zero-order valence-electron chi connectivity index (χ0n) is 13.6. The van der Waals surface area contributed by atoms with Crippen LogP contribution in [0.1, 0.15) is 0 Å². The Balaban J connectivity index is -0.000000194. The van der Waals surface area contributed by atoms with E-state index in [9.17, 15) is 0 Å². The van der Waals surface area contributed by atoms with Crippen LogP contribution in [0.5, 0.6) is 0 Å². The minimum absolute atomic E-state index is 2.00. The summed E-state index contributed by atoms with van der Waals surface area (Å²) in [5.41, 5.74) is 19.0. The molecule has 0 fully saturated rings. The van der Waals surface area contributed by atoms with Gasteiger partial charge in [-0.2, -0.15) is 0 Å². The SMILES string of the molecule is C=C=C.C=C=C.[CH3][Os]([CH3])([CH3])([CH3])([CH3])[CH3].c1ccccc1. The molecule has 0 amide bonds. The summed E-state index contributed by atoms with van der Waals surface area (Å²) in [6.07, 6.45) is 0. The van der Waals surface area contributed by atoms with E-state index in [1.54, 1.807) is 0 Å². The Bertz CT molecular complexity index is 325. The summed E-state index contributed by atoms with van der Waals surface area (Å²) in [5.74, 6) is 0. The van der Waals surface area contributed by atoms with Gasteiger partial charge in [-0.05, 0) is 0 Å². The third-order valence-corrected chi connectivity index (χ3v) is 0.667. The molecule has 0 atom stereocenters. The second-order valence-corrected chi connectivity index (χ2v) is 45.1. The second kappa shape index (κ2) is 8.91. The first-order valence-electron chi connectivity index (χ1n) is 5.54. The molecule has 19 heavy (non-hydrogen) atoms. The Morgan fingerprint density at radius 1 is 0.526 bits per heavy atom. The van der Waals surface area contributed by atoms with Gasteiger partial charge in [0.25, 0.3) is 0 Å². The fraction of sp³-hybridized carbons (Fsp3) is 0.333. The molecule has 0 N–H and O–H groups in total. The van der Waals surface area contributed by atoms with Crippen molar-refractivity contribution in [1.82, 2.24) is 0 Å². The molecule has 0 nitrogen and oxygen atoms in total. The Kier molecular flexibility index (Phi) is 10.8. The molecule has 0 bridgehead atoms. The molecule has 1 heteroatoms. The van der Waals surface area contributed by atoms with Crippen molar-refractivity contribution in [3.63, 3.8) is 0 Å². The predicted octanol–water partition coefficient (Wildman–Crippen LogP) is 7.10. The first-order valence-corrected chi connectivity index (χ1v) is 20.8. The zero-order valence-corrected chi connectivity index (χ0v) is 16.2. The van der Waals surface area contributed by atoms with E-state index in [4.69, 9.17) is 0 Å². The van der Waals surface area contributed by atoms with Gasteiger partial charge in [-0.1, -0.05) is 62.7 Å². The zero-order chi connectivity index (χ0) is 16.1. The van der Waals surface area contributed by atoms with Crippen molar-refractivity contribution >= 4 is 0 Å². The van der Waals surface area contributed by atoms with Crippen molar-refractivity contribution in [2.75, 3.05) is 0 Å². The topological polar surface area (TPSA) is 0 Å². The van der Waals surface area contributed by atoms with Crippen LogP contribution in [0.15, 0.2) is 74.2 Å². The maximum absolute atomic E-state index is 3.12. The van der Waals surface area contributed by atoms with E-state index in [0.29, 0.717) is 0 Å². The van der Waals surface area contributed by atoms with Gasteiger partial charge in [0.1, 0.15) is 0 Å². The van der Waals surface area contributed by atoms with Gasteiger partial charge in [0.15, 0.2) is 0 Å². The molecule has 0 aliphatic heterocycles. The van der Waals surface area contributed by atoms with Crippen molar-refractivity contribution in [2.24, 2.45) is 0 Å². The van der Waals surface area contributed by atoms with Gasteiger partial charge in [0, 0.05) is 0 Å². The Morgan fingerprint density at radius 3 is 0.632 bits per heavy atom. The third kappa shape index (κ3) is 156. The van der Waals surface area contributed by atoms with E-state index in [1.807, 2.05) is 36.4 Å². The molecule has 0 unspecified atom stereocenters. The van der Waals surface area contributed by atoms with Gasteiger partial charge in [-0.15, -0.1) is 11.5 Å². The minimum atomic E-state index is -2.21. The van der Waals surface area contributed by atoms with E-state index in [0.717, 1.165) is 0 Å². The van der Waals surface area contributed by atoms with Gasteiger partial charge in [0.2, 0.25) is 0 Å². The summed E-state index contributed by atoms with van der Waals surface area (Å²) >= 11 is -2.21. The summed E-state index contributed by atoms with van der Waals surface area (Å²) in [5, 5.41) is 0. The number of hydrogen-bond acceptors (Lipinski definition) is 0. The van der Waals surface area contributed by atoms with Crippen LogP contribution in [-0.2, 0) is 12.6 Å². The molecule has 0 aliphatic carbocycles. The van der Waals surface area contributed by atoms with Crippen LogP contribution in [-0.4, -0.2) is 0 Å². The van der Waals surface area contributed by atoms with Crippen LogP contribution < -0.4 is 0 Å². The Labute approximate surface area is 119 Å². The fourth-order valence-corrected chi connectivity index (χ4v) is 0.385. The molecule has 0 aliphatic rings. The standard InChI is InChI=1S/C6H6.2C3H4.6CH3.Os/c1-2-4-6-5-3-1;2*1-3-2;;;;;;;/h1-6H;2*1-2H2;6*1H3;. The van der Waals surface area contributed by atoms with Crippen molar-refractivity contribution in [2.45, 2.75) is 32.9 Å². The van der Waals surface area contributed by atoms with Gasteiger partial charge >= 0.3 is 45.5 Å². The number of rotatable bonds is 0. The molecule has 0 aromatic heterocycles. The monoisotopic (exact) mass is 440 g/mol. The van der Waals surface area contributed by atoms with E-state index < -0.39 is 12.6 Å². The first-order chi connectivity index (χ1) is 8.28. The molecular weight excluding hydrogens is 406 g/mol. The molecule has 0 heterocycles. The van der Waals surface area contributed by atoms with E-state index in [1.165, 1.54) is 0 Å². The molecule has 1 rings (SSSR count). The first kappa shape index (κ1) is 23.0. The summed E-state index contributed by atoms with van der Waals surface area (Å²) in [4.78, 5) is 0. The average molecular weight is 439 g/mol. The molecule has 1 aromatic carbocycles. The molecular formula is C18H32Os. The molecule has 0 saturated heterocycles. The summed E-state index contributed by atoms with van der Waals surface area (Å²) in [6.45, 7) is 12.5. The maximum Gasteiger partial charge on any atom is -0.0623 e. The van der Waals surface area contributed by atoms with E-state index >= 15 is 0 Å². The van der Waals surface area contributed by atoms with Crippen LogP contribution >= 0.6 is 0 Å². The van der Waals surface area contributed by atoms with Crippen LogP contribution in [0.3, 0.4) is 0 Å². The maximum atomic E-state index is 3.12. The molecule has 0 radical (unpaired) electrons. The second-order valence-electron chi connectivity index (χ2n) is 6.96. The predicted molar refractivity (Wildman–Crippen MR) is 91.2 cm³/mol. The van der Waals surface area contributed by atoms with Crippen LogP contribution in [0.4, 0.5) is 0 Å². The summed E-state index contributed by atoms with van der Waals surface area (Å²) in [7, 11) is 0. The van der Waals surface area contributed by atoms with Gasteiger partial charge in [-0.3, -0.25) is 0 Å². The molecule has 1 aromatic rings. The minimum Gasteiger partial charge on any atom is -0.0623 e. The summed E-state index contributed by atoms with van der Waals surface area (Å²) < 4.78 is 0. The Morgan fingerprint density at radius 2 is 0.579 bits per heavy atom.